The van der Waals surface area contributed by atoms with Crippen molar-refractivity contribution in [1.29, 1.82) is 0 Å². The Labute approximate surface area is 171 Å². The molecule has 0 aliphatic carbocycles. The van der Waals surface area contributed by atoms with Crippen LogP contribution in [0.5, 0.6) is 0 Å². The molecule has 2 atom stereocenters. The molecule has 0 radical (unpaired) electrons. The fourth-order valence-electron chi connectivity index (χ4n) is 3.96. The molecule has 2 N–H and O–H groups in total. The van der Waals surface area contributed by atoms with E-state index in [1.165, 1.54) is 57.8 Å². The van der Waals surface area contributed by atoms with Gasteiger partial charge in [0.15, 0.2) is 0 Å². The van der Waals surface area contributed by atoms with E-state index in [-0.39, 0.29) is 36.3 Å². The zero-order valence-electron chi connectivity index (χ0n) is 17.1. The first-order valence-corrected chi connectivity index (χ1v) is 11.1. The SMILES string of the molecule is CCCCCCCCCCCCNC(=O)C1CCN1C(=O)C1CCCN1.Cl. The van der Waals surface area contributed by atoms with Gasteiger partial charge in [-0.25, -0.2) is 0 Å². The molecule has 0 spiro atoms. The Bertz CT molecular complexity index is 428. The maximum absolute atomic E-state index is 12.4. The minimum absolute atomic E-state index is 0. The highest BCUT2D eigenvalue weighted by molar-refractivity contribution is 5.91. The molecule has 0 aromatic rings. The van der Waals surface area contributed by atoms with Gasteiger partial charge in [-0.05, 0) is 32.2 Å². The Morgan fingerprint density at radius 2 is 1.59 bits per heavy atom. The standard InChI is InChI=1S/C21H39N3O2.ClH/c1-2-3-4-5-6-7-8-9-10-11-15-23-20(25)19-14-17-24(19)21(26)18-13-12-16-22-18;/h18-19,22H,2-17H2,1H3,(H,23,25);1H. The molecule has 2 amide bonds. The van der Waals surface area contributed by atoms with E-state index in [4.69, 9.17) is 0 Å². The quantitative estimate of drug-likeness (QED) is 0.461. The van der Waals surface area contributed by atoms with Crippen molar-refractivity contribution in [3.8, 4) is 0 Å². The van der Waals surface area contributed by atoms with Crippen molar-refractivity contribution in [3.05, 3.63) is 0 Å². The van der Waals surface area contributed by atoms with Gasteiger partial charge in [-0.2, -0.15) is 0 Å². The number of hydrogen-bond acceptors (Lipinski definition) is 3. The van der Waals surface area contributed by atoms with Gasteiger partial charge in [-0.1, -0.05) is 64.7 Å². The minimum Gasteiger partial charge on any atom is -0.354 e. The summed E-state index contributed by atoms with van der Waals surface area (Å²) in [4.78, 5) is 26.4. The van der Waals surface area contributed by atoms with Crippen molar-refractivity contribution in [2.75, 3.05) is 19.6 Å². The summed E-state index contributed by atoms with van der Waals surface area (Å²) >= 11 is 0. The predicted octanol–water partition coefficient (Wildman–Crippen LogP) is 3.80. The first kappa shape index (κ1) is 24.2. The van der Waals surface area contributed by atoms with Crippen molar-refractivity contribution in [3.63, 3.8) is 0 Å². The Hall–Kier alpha value is -0.810. The van der Waals surface area contributed by atoms with Crippen LogP contribution in [-0.2, 0) is 9.59 Å². The third-order valence-corrected chi connectivity index (χ3v) is 5.79. The van der Waals surface area contributed by atoms with Gasteiger partial charge in [0.1, 0.15) is 6.04 Å². The lowest BCUT2D eigenvalue weighted by Gasteiger charge is -2.41. The van der Waals surface area contributed by atoms with Gasteiger partial charge in [-0.3, -0.25) is 9.59 Å². The lowest BCUT2D eigenvalue weighted by Crippen LogP contribution is -2.61. The fraction of sp³-hybridized carbons (Fsp3) is 0.905. The van der Waals surface area contributed by atoms with Gasteiger partial charge in [-0.15, -0.1) is 12.4 Å². The monoisotopic (exact) mass is 401 g/mol. The normalized spacial score (nSPS) is 21.4. The molecule has 2 rings (SSSR count). The fourth-order valence-corrected chi connectivity index (χ4v) is 3.96. The van der Waals surface area contributed by atoms with Crippen LogP contribution in [0.1, 0.15) is 90.4 Å². The van der Waals surface area contributed by atoms with Crippen LogP contribution in [0, 0.1) is 0 Å². The Kier molecular flexibility index (Phi) is 12.8. The number of unbranched alkanes of at least 4 members (excludes halogenated alkanes) is 9. The topological polar surface area (TPSA) is 61.4 Å². The number of nitrogens with zero attached hydrogens (tertiary/aromatic N) is 1. The lowest BCUT2D eigenvalue weighted by molar-refractivity contribution is -0.148. The highest BCUT2D eigenvalue weighted by Gasteiger charge is 2.40. The second-order valence-electron chi connectivity index (χ2n) is 7.96. The molecule has 0 aromatic heterocycles. The molecule has 6 heteroatoms. The molecule has 2 fully saturated rings. The van der Waals surface area contributed by atoms with Gasteiger partial charge in [0, 0.05) is 13.1 Å². The highest BCUT2D eigenvalue weighted by atomic mass is 35.5. The number of carbonyl (C=O) groups is 2. The number of nitrogens with one attached hydrogen (secondary N) is 2. The van der Waals surface area contributed by atoms with Crippen LogP contribution in [0.15, 0.2) is 0 Å². The van der Waals surface area contributed by atoms with Crippen LogP contribution in [0.4, 0.5) is 0 Å². The van der Waals surface area contributed by atoms with Gasteiger partial charge < -0.3 is 15.5 Å². The van der Waals surface area contributed by atoms with Crippen molar-refractivity contribution >= 4 is 24.2 Å². The van der Waals surface area contributed by atoms with E-state index in [2.05, 4.69) is 17.6 Å². The number of hydrogen-bond donors (Lipinski definition) is 2. The number of likely N-dealkylation sites (tertiary alicyclic amines) is 1. The maximum atomic E-state index is 12.4. The van der Waals surface area contributed by atoms with Gasteiger partial charge in [0.05, 0.1) is 6.04 Å². The van der Waals surface area contributed by atoms with E-state index in [1.54, 1.807) is 4.90 Å². The highest BCUT2D eigenvalue weighted by Crippen LogP contribution is 2.21. The largest absolute Gasteiger partial charge is 0.354 e. The molecule has 0 saturated carbocycles. The van der Waals surface area contributed by atoms with Crippen LogP contribution < -0.4 is 10.6 Å². The molecule has 2 heterocycles. The third-order valence-electron chi connectivity index (χ3n) is 5.79. The minimum atomic E-state index is -0.229. The van der Waals surface area contributed by atoms with Gasteiger partial charge in [0.2, 0.25) is 11.8 Å². The summed E-state index contributed by atoms with van der Waals surface area (Å²) in [7, 11) is 0. The zero-order valence-corrected chi connectivity index (χ0v) is 18.0. The van der Waals surface area contributed by atoms with E-state index in [9.17, 15) is 9.59 Å². The number of amides is 2. The summed E-state index contributed by atoms with van der Waals surface area (Å²) < 4.78 is 0. The summed E-state index contributed by atoms with van der Waals surface area (Å²) in [5, 5.41) is 6.26. The molecule has 2 aliphatic rings. The molecular weight excluding hydrogens is 362 g/mol. The third kappa shape index (κ3) is 8.39. The second kappa shape index (κ2) is 14.2. The molecule has 5 nitrogen and oxygen atoms in total. The summed E-state index contributed by atoms with van der Waals surface area (Å²) in [6.45, 7) is 4.65. The van der Waals surface area contributed by atoms with Crippen LogP contribution in [0.2, 0.25) is 0 Å². The van der Waals surface area contributed by atoms with Crippen LogP contribution in [-0.4, -0.2) is 48.4 Å². The van der Waals surface area contributed by atoms with Crippen molar-refractivity contribution in [1.82, 2.24) is 15.5 Å². The lowest BCUT2D eigenvalue weighted by atomic mass is 10.00. The van der Waals surface area contributed by atoms with Gasteiger partial charge in [0.25, 0.3) is 0 Å². The maximum Gasteiger partial charge on any atom is 0.242 e. The van der Waals surface area contributed by atoms with E-state index < -0.39 is 0 Å². The molecule has 2 saturated heterocycles. The van der Waals surface area contributed by atoms with Crippen molar-refractivity contribution in [2.24, 2.45) is 0 Å². The van der Waals surface area contributed by atoms with E-state index in [0.717, 1.165) is 45.3 Å². The molecule has 2 aliphatic heterocycles. The average Bonchev–Trinajstić information content (AvgIpc) is 3.13. The number of rotatable bonds is 13. The van der Waals surface area contributed by atoms with E-state index in [1.807, 2.05) is 0 Å². The summed E-state index contributed by atoms with van der Waals surface area (Å²) in [5.41, 5.74) is 0. The Morgan fingerprint density at radius 1 is 0.963 bits per heavy atom. The first-order chi connectivity index (χ1) is 12.7. The number of carbonyl (C=O) groups excluding carboxylic acids is 2. The zero-order chi connectivity index (χ0) is 18.6. The Balaban J connectivity index is 0.00000364. The predicted molar refractivity (Wildman–Crippen MR) is 113 cm³/mol. The van der Waals surface area contributed by atoms with Crippen LogP contribution in [0.3, 0.4) is 0 Å². The smallest absolute Gasteiger partial charge is 0.242 e. The van der Waals surface area contributed by atoms with Crippen molar-refractivity contribution < 1.29 is 9.59 Å². The molecule has 2 unspecified atom stereocenters. The Morgan fingerprint density at radius 3 is 2.11 bits per heavy atom. The molecule has 27 heavy (non-hydrogen) atoms. The summed E-state index contributed by atoms with van der Waals surface area (Å²) in [6.07, 6.45) is 15.8. The average molecular weight is 402 g/mol. The van der Waals surface area contributed by atoms with E-state index in [0.29, 0.717) is 0 Å². The summed E-state index contributed by atoms with van der Waals surface area (Å²) in [5.74, 6) is 0.159. The van der Waals surface area contributed by atoms with Crippen LogP contribution >= 0.6 is 12.4 Å². The first-order valence-electron chi connectivity index (χ1n) is 11.1. The van der Waals surface area contributed by atoms with E-state index >= 15 is 0 Å². The van der Waals surface area contributed by atoms with Crippen molar-refractivity contribution in [2.45, 2.75) is 102 Å². The molecule has 0 bridgehead atoms. The molecule has 158 valence electrons. The summed E-state index contributed by atoms with van der Waals surface area (Å²) in [6, 6.07) is -0.291. The van der Waals surface area contributed by atoms with Gasteiger partial charge >= 0.3 is 0 Å². The molecule has 0 aromatic carbocycles. The second-order valence-corrected chi connectivity index (χ2v) is 7.96. The van der Waals surface area contributed by atoms with Crippen LogP contribution in [0.25, 0.3) is 0 Å². The number of halogens is 1. The molecular formula is C21H40ClN3O2.